The predicted octanol–water partition coefficient (Wildman–Crippen LogP) is 5.99. The zero-order valence-corrected chi connectivity index (χ0v) is 19.1. The van der Waals surface area contributed by atoms with Crippen LogP contribution in [0.4, 0.5) is 16.2 Å². The number of hydrogen-bond acceptors (Lipinski definition) is 3. The van der Waals surface area contributed by atoms with Gasteiger partial charge in [0.1, 0.15) is 0 Å². The van der Waals surface area contributed by atoms with Gasteiger partial charge in [-0.1, -0.05) is 53.0 Å². The fourth-order valence-corrected chi connectivity index (χ4v) is 4.38. The molecule has 9 heteroatoms. The molecule has 162 valence electrons. The van der Waals surface area contributed by atoms with Crippen LogP contribution in [0.1, 0.15) is 24.1 Å². The lowest BCUT2D eigenvalue weighted by Gasteiger charge is -2.17. The maximum absolute atomic E-state index is 12.5. The molecule has 2 amide bonds. The number of sulfonamides is 1. The van der Waals surface area contributed by atoms with Gasteiger partial charge in [-0.25, -0.2) is 13.2 Å². The average Bonchev–Trinajstić information content (AvgIpc) is 2.72. The van der Waals surface area contributed by atoms with Crippen molar-refractivity contribution in [3.05, 3.63) is 87.9 Å². The molecule has 0 saturated heterocycles. The smallest absolute Gasteiger partial charge is 0.319 e. The van der Waals surface area contributed by atoms with Gasteiger partial charge >= 0.3 is 6.03 Å². The summed E-state index contributed by atoms with van der Waals surface area (Å²) in [5.41, 5.74) is 2.63. The first-order valence-corrected chi connectivity index (χ1v) is 11.6. The average molecular weight is 478 g/mol. The van der Waals surface area contributed by atoms with Crippen molar-refractivity contribution in [2.24, 2.45) is 0 Å². The summed E-state index contributed by atoms with van der Waals surface area (Å²) in [7, 11) is -3.74. The van der Waals surface area contributed by atoms with E-state index in [-0.39, 0.29) is 10.9 Å². The van der Waals surface area contributed by atoms with E-state index in [1.165, 1.54) is 24.3 Å². The van der Waals surface area contributed by atoms with E-state index in [1.807, 2.05) is 19.1 Å². The maximum Gasteiger partial charge on any atom is 0.319 e. The van der Waals surface area contributed by atoms with Crippen molar-refractivity contribution < 1.29 is 13.2 Å². The summed E-state index contributed by atoms with van der Waals surface area (Å²) in [4.78, 5) is 12.4. The lowest BCUT2D eigenvalue weighted by atomic mass is 10.1. The van der Waals surface area contributed by atoms with Crippen molar-refractivity contribution >= 4 is 50.6 Å². The quantitative estimate of drug-likeness (QED) is 0.407. The second-order valence-electron chi connectivity index (χ2n) is 6.96. The Morgan fingerprint density at radius 3 is 2.16 bits per heavy atom. The molecule has 6 nitrogen and oxygen atoms in total. The molecule has 0 aromatic heterocycles. The number of carbonyl (C=O) groups is 1. The molecular weight excluding hydrogens is 457 g/mol. The zero-order valence-electron chi connectivity index (χ0n) is 16.8. The Labute approximate surface area is 191 Å². The monoisotopic (exact) mass is 477 g/mol. The zero-order chi connectivity index (χ0) is 22.6. The number of benzene rings is 3. The molecule has 0 fully saturated rings. The third kappa shape index (κ3) is 5.91. The molecule has 31 heavy (non-hydrogen) atoms. The van der Waals surface area contributed by atoms with Gasteiger partial charge < -0.3 is 10.6 Å². The molecule has 3 rings (SSSR count). The van der Waals surface area contributed by atoms with Crippen molar-refractivity contribution in [2.45, 2.75) is 24.8 Å². The van der Waals surface area contributed by atoms with E-state index in [0.29, 0.717) is 27.0 Å². The van der Waals surface area contributed by atoms with E-state index < -0.39 is 16.1 Å². The number of carbonyl (C=O) groups excluding carboxylic acids is 1. The van der Waals surface area contributed by atoms with Crippen molar-refractivity contribution in [2.75, 3.05) is 10.0 Å². The molecule has 0 aliphatic carbocycles. The van der Waals surface area contributed by atoms with Crippen LogP contribution >= 0.6 is 23.2 Å². The normalized spacial score (nSPS) is 12.1. The van der Waals surface area contributed by atoms with E-state index in [9.17, 15) is 13.2 Å². The first kappa shape index (κ1) is 22.9. The van der Waals surface area contributed by atoms with Crippen LogP contribution in [0.2, 0.25) is 10.0 Å². The number of halogens is 2. The highest BCUT2D eigenvalue weighted by atomic mass is 35.5. The van der Waals surface area contributed by atoms with Crippen LogP contribution in [0.3, 0.4) is 0 Å². The maximum atomic E-state index is 12.5. The SMILES string of the molecule is Cc1ccc(NS(=O)(=O)c2ccc(NC(=O)NC(C)c3cccc(Cl)c3Cl)cc2)cc1. The fourth-order valence-electron chi connectivity index (χ4n) is 2.85. The molecule has 0 heterocycles. The second kappa shape index (κ2) is 9.60. The first-order valence-electron chi connectivity index (χ1n) is 9.37. The molecule has 0 radical (unpaired) electrons. The lowest BCUT2D eigenvalue weighted by molar-refractivity contribution is 0.249. The summed E-state index contributed by atoms with van der Waals surface area (Å²) in [5, 5.41) is 6.23. The summed E-state index contributed by atoms with van der Waals surface area (Å²) >= 11 is 12.2. The largest absolute Gasteiger partial charge is 0.331 e. The van der Waals surface area contributed by atoms with Crippen molar-refractivity contribution in [3.8, 4) is 0 Å². The molecule has 0 saturated carbocycles. The van der Waals surface area contributed by atoms with Crippen LogP contribution in [-0.4, -0.2) is 14.4 Å². The highest BCUT2D eigenvalue weighted by Gasteiger charge is 2.16. The topological polar surface area (TPSA) is 87.3 Å². The standard InChI is InChI=1S/C22H21Cl2N3O3S/c1-14-6-8-17(9-7-14)27-31(29,30)18-12-10-16(11-13-18)26-22(28)25-15(2)19-4-3-5-20(23)21(19)24/h3-13,15,27H,1-2H3,(H2,25,26,28). The lowest BCUT2D eigenvalue weighted by Crippen LogP contribution is -2.31. The second-order valence-corrected chi connectivity index (χ2v) is 9.43. The minimum Gasteiger partial charge on any atom is -0.331 e. The number of aryl methyl sites for hydroxylation is 1. The number of hydrogen-bond donors (Lipinski definition) is 3. The van der Waals surface area contributed by atoms with E-state index in [1.54, 1.807) is 37.3 Å². The Hall–Kier alpha value is -2.74. The van der Waals surface area contributed by atoms with Gasteiger partial charge in [0.05, 0.1) is 21.0 Å². The van der Waals surface area contributed by atoms with Crippen molar-refractivity contribution in [3.63, 3.8) is 0 Å². The molecule has 1 unspecified atom stereocenters. The van der Waals surface area contributed by atoms with Crippen molar-refractivity contribution in [1.29, 1.82) is 0 Å². The molecule has 0 aliphatic heterocycles. The summed E-state index contributed by atoms with van der Waals surface area (Å²) in [6.07, 6.45) is 0. The Balaban J connectivity index is 1.63. The number of urea groups is 1. The van der Waals surface area contributed by atoms with Crippen LogP contribution in [0.5, 0.6) is 0 Å². The van der Waals surface area contributed by atoms with Crippen LogP contribution in [0, 0.1) is 6.92 Å². The third-order valence-electron chi connectivity index (χ3n) is 4.52. The van der Waals surface area contributed by atoms with Gasteiger partial charge in [0.15, 0.2) is 0 Å². The summed E-state index contributed by atoms with van der Waals surface area (Å²) in [6, 6.07) is 17.3. The van der Waals surface area contributed by atoms with Gasteiger partial charge in [0.2, 0.25) is 0 Å². The molecular formula is C22H21Cl2N3O3S. The van der Waals surface area contributed by atoms with Gasteiger partial charge in [0.25, 0.3) is 10.0 Å². The van der Waals surface area contributed by atoms with E-state index in [4.69, 9.17) is 23.2 Å². The van der Waals surface area contributed by atoms with Gasteiger partial charge in [-0.05, 0) is 61.9 Å². The van der Waals surface area contributed by atoms with Crippen molar-refractivity contribution in [1.82, 2.24) is 5.32 Å². The Morgan fingerprint density at radius 2 is 1.52 bits per heavy atom. The molecule has 3 aromatic carbocycles. The first-order chi connectivity index (χ1) is 14.7. The minimum absolute atomic E-state index is 0.0816. The number of nitrogens with one attached hydrogen (secondary N) is 3. The molecule has 3 aromatic rings. The van der Waals surface area contributed by atoms with Gasteiger partial charge in [-0.2, -0.15) is 0 Å². The van der Waals surface area contributed by atoms with E-state index >= 15 is 0 Å². The third-order valence-corrected chi connectivity index (χ3v) is 6.75. The molecule has 0 aliphatic rings. The Kier molecular flexibility index (Phi) is 7.10. The minimum atomic E-state index is -3.74. The van der Waals surface area contributed by atoms with Crippen LogP contribution in [0.25, 0.3) is 0 Å². The van der Waals surface area contributed by atoms with Crippen LogP contribution in [0.15, 0.2) is 71.6 Å². The molecule has 1 atom stereocenters. The Bertz CT molecular complexity index is 1180. The van der Waals surface area contributed by atoms with Gasteiger partial charge in [-0.3, -0.25) is 4.72 Å². The number of anilines is 2. The van der Waals surface area contributed by atoms with E-state index in [0.717, 1.165) is 5.56 Å². The van der Waals surface area contributed by atoms with Gasteiger partial charge in [0, 0.05) is 11.4 Å². The number of rotatable bonds is 6. The molecule has 0 bridgehead atoms. The number of amides is 2. The highest BCUT2D eigenvalue weighted by Crippen LogP contribution is 2.29. The molecule has 0 spiro atoms. The summed E-state index contributed by atoms with van der Waals surface area (Å²) in [6.45, 7) is 3.70. The van der Waals surface area contributed by atoms with Gasteiger partial charge in [-0.15, -0.1) is 0 Å². The molecule has 3 N–H and O–H groups in total. The summed E-state index contributed by atoms with van der Waals surface area (Å²) in [5.74, 6) is 0. The van der Waals surface area contributed by atoms with E-state index in [2.05, 4.69) is 15.4 Å². The Morgan fingerprint density at radius 1 is 0.903 bits per heavy atom. The van der Waals surface area contributed by atoms with Crippen LogP contribution < -0.4 is 15.4 Å². The summed E-state index contributed by atoms with van der Waals surface area (Å²) < 4.78 is 27.6. The highest BCUT2D eigenvalue weighted by molar-refractivity contribution is 7.92. The van der Waals surface area contributed by atoms with Crippen LogP contribution in [-0.2, 0) is 10.0 Å². The predicted molar refractivity (Wildman–Crippen MR) is 125 cm³/mol. The fraction of sp³-hybridized carbons (Fsp3) is 0.136.